The van der Waals surface area contributed by atoms with Crippen LogP contribution in [0.25, 0.3) is 16.6 Å². The molecule has 0 bridgehead atoms. The molecule has 1 aliphatic heterocycles. The van der Waals surface area contributed by atoms with Gasteiger partial charge in [0.2, 0.25) is 11.8 Å². The van der Waals surface area contributed by atoms with E-state index in [1.807, 2.05) is 0 Å². The Morgan fingerprint density at radius 1 is 1.00 bits per heavy atom. The van der Waals surface area contributed by atoms with Crippen LogP contribution in [-0.4, -0.2) is 56.9 Å². The highest BCUT2D eigenvalue weighted by atomic mass is 35.5. The van der Waals surface area contributed by atoms with Gasteiger partial charge < -0.3 is 9.80 Å². The normalized spacial score (nSPS) is 14.1. The second kappa shape index (κ2) is 8.58. The Morgan fingerprint density at radius 3 is 2.31 bits per heavy atom. The number of para-hydroxylation sites is 1. The van der Waals surface area contributed by atoms with Gasteiger partial charge in [-0.3, -0.25) is 19.0 Å². The summed E-state index contributed by atoms with van der Waals surface area (Å²) in [5, 5.41) is 0.419. The molecule has 1 aromatic heterocycles. The van der Waals surface area contributed by atoms with Crippen molar-refractivity contribution in [1.82, 2.24) is 18.9 Å². The van der Waals surface area contributed by atoms with Crippen molar-refractivity contribution in [1.29, 1.82) is 0 Å². The summed E-state index contributed by atoms with van der Waals surface area (Å²) < 4.78 is 16.3. The smallest absolute Gasteiger partial charge is 0.336 e. The number of fused-ring (bicyclic) bond motifs is 1. The van der Waals surface area contributed by atoms with E-state index in [2.05, 4.69) is 0 Å². The minimum Gasteiger partial charge on any atom is -0.339 e. The van der Waals surface area contributed by atoms with Gasteiger partial charge >= 0.3 is 5.69 Å². The molecule has 2 amide bonds. The van der Waals surface area contributed by atoms with Crippen LogP contribution in [0.15, 0.2) is 52.1 Å². The highest BCUT2D eigenvalue weighted by Gasteiger charge is 2.24. The molecule has 0 radical (unpaired) electrons. The molecule has 8 nitrogen and oxygen atoms in total. The second-order valence-electron chi connectivity index (χ2n) is 7.51. The zero-order valence-corrected chi connectivity index (χ0v) is 18.0. The molecule has 10 heteroatoms. The van der Waals surface area contributed by atoms with Crippen LogP contribution in [0.1, 0.15) is 6.92 Å². The molecule has 1 fully saturated rings. The van der Waals surface area contributed by atoms with Gasteiger partial charge in [0.25, 0.3) is 5.56 Å². The van der Waals surface area contributed by atoms with Gasteiger partial charge in [-0.15, -0.1) is 0 Å². The van der Waals surface area contributed by atoms with E-state index in [4.69, 9.17) is 11.6 Å². The first-order valence-electron chi connectivity index (χ1n) is 10.0. The first-order valence-corrected chi connectivity index (χ1v) is 10.4. The molecule has 4 rings (SSSR count). The maximum atomic E-state index is 14.5. The van der Waals surface area contributed by atoms with Gasteiger partial charge in [0.1, 0.15) is 12.4 Å². The molecule has 3 aromatic rings. The topological polar surface area (TPSA) is 84.6 Å². The fraction of sp³-hybridized carbons (Fsp3) is 0.273. The number of aromatic nitrogens is 2. The molecule has 166 valence electrons. The lowest BCUT2D eigenvalue weighted by molar-refractivity contribution is -0.138. The Morgan fingerprint density at radius 2 is 1.66 bits per heavy atom. The highest BCUT2D eigenvalue weighted by Crippen LogP contribution is 2.18. The van der Waals surface area contributed by atoms with Gasteiger partial charge in [0, 0.05) is 38.1 Å². The summed E-state index contributed by atoms with van der Waals surface area (Å²) in [5.41, 5.74) is -1.55. The van der Waals surface area contributed by atoms with Crippen molar-refractivity contribution >= 4 is 34.3 Å². The van der Waals surface area contributed by atoms with Gasteiger partial charge in [-0.2, -0.15) is 0 Å². The summed E-state index contributed by atoms with van der Waals surface area (Å²) in [4.78, 5) is 54.1. The van der Waals surface area contributed by atoms with Crippen LogP contribution in [0.5, 0.6) is 0 Å². The quantitative estimate of drug-likeness (QED) is 0.597. The molecular weight excluding hydrogens is 439 g/mol. The number of carbonyl (C=O) groups excluding carboxylic acids is 2. The van der Waals surface area contributed by atoms with E-state index >= 15 is 0 Å². The molecule has 1 aliphatic rings. The summed E-state index contributed by atoms with van der Waals surface area (Å²) in [6.07, 6.45) is 0. The largest absolute Gasteiger partial charge is 0.339 e. The average molecular weight is 459 g/mol. The Hall–Kier alpha value is -3.46. The fourth-order valence-electron chi connectivity index (χ4n) is 3.84. The number of piperazine rings is 1. The number of carbonyl (C=O) groups is 2. The third kappa shape index (κ3) is 3.91. The average Bonchev–Trinajstić information content (AvgIpc) is 2.77. The minimum absolute atomic E-state index is 0.0640. The lowest BCUT2D eigenvalue weighted by Gasteiger charge is -2.34. The molecule has 0 aliphatic carbocycles. The summed E-state index contributed by atoms with van der Waals surface area (Å²) >= 11 is 6.09. The van der Waals surface area contributed by atoms with Crippen LogP contribution in [0.4, 0.5) is 4.39 Å². The van der Waals surface area contributed by atoms with Gasteiger partial charge in [-0.25, -0.2) is 13.8 Å². The van der Waals surface area contributed by atoms with Crippen molar-refractivity contribution < 1.29 is 14.0 Å². The Bertz CT molecular complexity index is 1340. The number of amides is 2. The van der Waals surface area contributed by atoms with Crippen molar-refractivity contribution in [2.45, 2.75) is 13.5 Å². The van der Waals surface area contributed by atoms with E-state index in [0.29, 0.717) is 26.2 Å². The Labute approximate surface area is 187 Å². The van der Waals surface area contributed by atoms with E-state index in [0.717, 1.165) is 15.2 Å². The molecule has 2 aromatic carbocycles. The van der Waals surface area contributed by atoms with Crippen molar-refractivity contribution in [2.24, 2.45) is 0 Å². The van der Waals surface area contributed by atoms with Crippen LogP contribution >= 0.6 is 11.6 Å². The van der Waals surface area contributed by atoms with Crippen molar-refractivity contribution in [3.8, 4) is 5.69 Å². The van der Waals surface area contributed by atoms with Crippen LogP contribution in [0.3, 0.4) is 0 Å². The van der Waals surface area contributed by atoms with E-state index in [1.54, 1.807) is 9.80 Å². The van der Waals surface area contributed by atoms with E-state index in [9.17, 15) is 23.6 Å². The molecule has 32 heavy (non-hydrogen) atoms. The fourth-order valence-corrected chi connectivity index (χ4v) is 4.01. The number of nitrogens with zero attached hydrogens (tertiary/aromatic N) is 4. The van der Waals surface area contributed by atoms with E-state index in [-0.39, 0.29) is 40.0 Å². The molecule has 0 N–H and O–H groups in total. The lowest BCUT2D eigenvalue weighted by Crippen LogP contribution is -2.51. The summed E-state index contributed by atoms with van der Waals surface area (Å²) in [7, 11) is 0. The summed E-state index contributed by atoms with van der Waals surface area (Å²) in [6, 6.07) is 9.82. The number of halogens is 2. The van der Waals surface area contributed by atoms with Gasteiger partial charge in [-0.1, -0.05) is 23.7 Å². The predicted octanol–water partition coefficient (Wildman–Crippen LogP) is 1.64. The third-order valence-electron chi connectivity index (χ3n) is 5.57. The van der Waals surface area contributed by atoms with E-state index < -0.39 is 17.1 Å². The number of hydrogen-bond donors (Lipinski definition) is 0. The molecular formula is C22H20ClFN4O4. The van der Waals surface area contributed by atoms with Crippen molar-refractivity contribution in [3.63, 3.8) is 0 Å². The first-order chi connectivity index (χ1) is 15.3. The molecule has 2 heterocycles. The Kier molecular flexibility index (Phi) is 5.84. The standard InChI is InChI=1S/C22H20ClFN4O4/c1-14(29)25-8-10-26(11-9-25)20(30)13-27-19-12-15(23)6-7-16(19)21(31)28(22(27)32)18-5-3-2-4-17(18)24/h2-7,12H,8-11,13H2,1H3. The lowest BCUT2D eigenvalue weighted by atomic mass is 10.2. The van der Waals surface area contributed by atoms with Crippen molar-refractivity contribution in [3.05, 3.63) is 74.1 Å². The molecule has 0 unspecified atom stereocenters. The van der Waals surface area contributed by atoms with Crippen LogP contribution in [0.2, 0.25) is 5.02 Å². The van der Waals surface area contributed by atoms with Crippen LogP contribution < -0.4 is 11.2 Å². The van der Waals surface area contributed by atoms with Crippen LogP contribution in [-0.2, 0) is 16.1 Å². The zero-order valence-electron chi connectivity index (χ0n) is 17.3. The van der Waals surface area contributed by atoms with E-state index in [1.165, 1.54) is 43.3 Å². The molecule has 0 spiro atoms. The summed E-state index contributed by atoms with van der Waals surface area (Å²) in [6.45, 7) is 2.58. The summed E-state index contributed by atoms with van der Waals surface area (Å²) in [5.74, 6) is -1.15. The maximum absolute atomic E-state index is 14.5. The maximum Gasteiger partial charge on any atom is 0.336 e. The Balaban J connectivity index is 1.80. The second-order valence-corrected chi connectivity index (χ2v) is 7.95. The van der Waals surface area contributed by atoms with Gasteiger partial charge in [0.05, 0.1) is 16.6 Å². The molecule has 0 atom stereocenters. The predicted molar refractivity (Wildman–Crippen MR) is 118 cm³/mol. The minimum atomic E-state index is -0.842. The SMILES string of the molecule is CC(=O)N1CCN(C(=O)Cn2c(=O)n(-c3ccccc3F)c(=O)c3ccc(Cl)cc32)CC1. The first kappa shape index (κ1) is 21.8. The van der Waals surface area contributed by atoms with Crippen LogP contribution in [0, 0.1) is 5.82 Å². The van der Waals surface area contributed by atoms with Crippen molar-refractivity contribution in [2.75, 3.05) is 26.2 Å². The zero-order chi connectivity index (χ0) is 23.0. The number of hydrogen-bond acceptors (Lipinski definition) is 4. The number of rotatable bonds is 3. The van der Waals surface area contributed by atoms with Gasteiger partial charge in [0.15, 0.2) is 0 Å². The highest BCUT2D eigenvalue weighted by molar-refractivity contribution is 6.31. The molecule has 0 saturated carbocycles. The van der Waals surface area contributed by atoms with Gasteiger partial charge in [-0.05, 0) is 30.3 Å². The monoisotopic (exact) mass is 458 g/mol. The third-order valence-corrected chi connectivity index (χ3v) is 5.81. The molecule has 1 saturated heterocycles. The number of benzene rings is 2.